The van der Waals surface area contributed by atoms with Crippen molar-refractivity contribution < 1.29 is 0 Å². The van der Waals surface area contributed by atoms with Crippen molar-refractivity contribution in [1.82, 2.24) is 19.9 Å². The monoisotopic (exact) mass is 1530 g/mol. The van der Waals surface area contributed by atoms with Crippen molar-refractivity contribution in [2.24, 2.45) is 0 Å². The number of hydrogen-bond acceptors (Lipinski definition) is 0. The summed E-state index contributed by atoms with van der Waals surface area (Å²) in [6, 6.07) is 110. The fourth-order valence-electron chi connectivity index (χ4n) is 18.1. The number of aromatic nitrogens is 4. The summed E-state index contributed by atoms with van der Waals surface area (Å²) in [5.41, 5.74) is 13.5. The van der Waals surface area contributed by atoms with Crippen LogP contribution < -0.4 is 0 Å². The Morgan fingerprint density at radius 1 is 0.150 bits per heavy atom. The Kier molecular flexibility index (Phi) is 13.3. The predicted octanol–water partition coefficient (Wildman–Crippen LogP) is 26.9. The van der Waals surface area contributed by atoms with Gasteiger partial charge in [-0.3, -0.25) is 0 Å². The van der Waals surface area contributed by atoms with E-state index in [9.17, 15) is 0 Å². The smallest absolute Gasteiger partial charge is 0.0654 e. The third-order valence-corrected chi connectivity index (χ3v) is 24.2. The molecule has 0 unspecified atom stereocenters. The maximum Gasteiger partial charge on any atom is 0.0654 e. The van der Waals surface area contributed by atoms with Crippen LogP contribution in [0.2, 0.25) is 0 Å². The second kappa shape index (κ2) is 22.6. The van der Waals surface area contributed by atoms with Crippen LogP contribution in [-0.4, -0.2) is 19.9 Å². The minimum Gasteiger partial charge on any atom is -0.360 e. The van der Waals surface area contributed by atoms with Crippen LogP contribution in [0.1, 0.15) is 91.5 Å². The predicted molar refractivity (Wildman–Crippen MR) is 434 cm³/mol. The van der Waals surface area contributed by atoms with Gasteiger partial charge in [-0.15, -0.1) is 0 Å². The van der Waals surface area contributed by atoms with E-state index in [2.05, 4.69) is 375 Å². The summed E-state index contributed by atoms with van der Waals surface area (Å²) in [7, 11) is 0. The maximum absolute atomic E-state index is 4.67. The Bertz CT molecular complexity index is 5700. The van der Waals surface area contributed by atoms with Crippen LogP contribution in [0, 0.1) is 0 Å². The molecule has 4 N–H and O–H groups in total. The fourth-order valence-corrected chi connectivity index (χ4v) is 19.2. The first kappa shape index (κ1) is 58.6. The van der Waals surface area contributed by atoms with Gasteiger partial charge in [0.2, 0.25) is 0 Å². The van der Waals surface area contributed by atoms with Crippen LogP contribution in [0.15, 0.2) is 309 Å². The van der Waals surface area contributed by atoms with Gasteiger partial charge in [-0.1, -0.05) is 306 Å². The van der Waals surface area contributed by atoms with Crippen molar-refractivity contribution in [3.63, 3.8) is 0 Å². The third kappa shape index (κ3) is 8.54. The molecule has 0 radical (unpaired) electrons. The van der Waals surface area contributed by atoms with E-state index in [0.29, 0.717) is 0 Å². The van der Waals surface area contributed by atoms with Crippen LogP contribution >= 0.6 is 63.7 Å². The minimum atomic E-state index is -0.415. The third-order valence-electron chi connectivity index (χ3n) is 22.1. The van der Waals surface area contributed by atoms with Crippen molar-refractivity contribution in [3.8, 4) is 0 Å². The van der Waals surface area contributed by atoms with Crippen LogP contribution in [0.3, 0.4) is 0 Å². The molecule has 4 aromatic heterocycles. The molecule has 4 nitrogen and oxygen atoms in total. The SMILES string of the molecule is Brc1ccc(C2c3[nH]c(c4c5ccccc5c5ccccc5c34)C(c3ccc(Br)cc3)c3[nH]c(c4c5ccccc5c5ccccc5c34)C(c3ccc(Br)cc3)c3[nH]c(c4c5ccccc5c5ccccc5c34)C(c3ccc(Br)cc3)c3[nH]c2c2c4ccccc4c4ccccc4c32)cc1. The number of rotatable bonds is 4. The summed E-state index contributed by atoms with van der Waals surface area (Å²) < 4.78 is 4.06. The van der Waals surface area contributed by atoms with Gasteiger partial charge in [-0.25, -0.2) is 0 Å². The summed E-state index contributed by atoms with van der Waals surface area (Å²) in [6.07, 6.45) is 0. The Hall–Kier alpha value is -10.3. The lowest BCUT2D eigenvalue weighted by Gasteiger charge is -2.21. The molecule has 0 fully saturated rings. The maximum atomic E-state index is 4.67. The van der Waals surface area contributed by atoms with Gasteiger partial charge in [-0.05, 0) is 157 Å². The first-order valence-corrected chi connectivity index (χ1v) is 37.3. The lowest BCUT2D eigenvalue weighted by atomic mass is 9.82. The van der Waals surface area contributed by atoms with Crippen LogP contribution in [0.5, 0.6) is 0 Å². The largest absolute Gasteiger partial charge is 0.360 e. The van der Waals surface area contributed by atoms with Gasteiger partial charge < -0.3 is 19.9 Å². The van der Waals surface area contributed by atoms with Gasteiger partial charge in [0.1, 0.15) is 0 Å². The molecule has 0 spiro atoms. The molecule has 1 aliphatic carbocycles. The summed E-state index contributed by atoms with van der Waals surface area (Å²) in [4.78, 5) is 18.7. The Morgan fingerprint density at radius 3 is 0.400 bits per heavy atom. The Morgan fingerprint density at radius 2 is 0.270 bits per heavy atom. The fraction of sp³-hybridized carbons (Fsp3) is 0.0435. The molecule has 472 valence electrons. The molecular weight excluding hydrogens is 1480 g/mol. The van der Waals surface area contributed by atoms with E-state index in [4.69, 9.17) is 0 Å². The zero-order valence-electron chi connectivity index (χ0n) is 53.5. The molecule has 21 rings (SSSR count). The number of aromatic amines is 4. The van der Waals surface area contributed by atoms with Gasteiger partial charge in [0, 0.05) is 107 Å². The molecule has 16 aromatic carbocycles. The summed E-state index contributed by atoms with van der Waals surface area (Å²) in [5, 5.41) is 28.7. The van der Waals surface area contributed by atoms with E-state index in [0.717, 1.165) is 85.7 Å². The lowest BCUT2D eigenvalue weighted by molar-refractivity contribution is 0.822. The van der Waals surface area contributed by atoms with E-state index in [1.807, 2.05) is 0 Å². The number of fused-ring (bicyclic) bond motifs is 12. The first-order valence-electron chi connectivity index (χ1n) is 34.1. The topological polar surface area (TPSA) is 63.2 Å². The highest BCUT2D eigenvalue weighted by atomic mass is 79.9. The van der Waals surface area contributed by atoms with Crippen molar-refractivity contribution in [3.05, 3.63) is 377 Å². The first-order chi connectivity index (χ1) is 49.3. The standard InChI is InChI=1S/C92H56Br4N4/c93-53-41-33-49(34-42-53)73-85-77-65-25-9-1-17-57(65)58-18-2-10-26-66(58)78(77)86(97-85)74(50-35-43-54(94)44-36-50)88-81-69-29-13-5-21-61(69)62-22-6-14-30-70(62)82(81)90(99-88)76(52-39-47-56(96)48-40-52)92-84-72-32-16-8-24-64(72)63-23-7-15-31-71(63)83(84)91(100-92)75(51-37-45-55(95)46-38-51)89-80-68-28-12-4-20-60(68)59-19-3-11-27-67(59)79(80)87(73)98-89/h1-48,73-76,97-100H. The molecule has 1 aliphatic rings. The summed E-state index contributed by atoms with van der Waals surface area (Å²) >= 11 is 15.9. The molecule has 4 heterocycles. The average molecular weight is 1540 g/mol. The van der Waals surface area contributed by atoms with Crippen LogP contribution in [0.4, 0.5) is 0 Å². The number of halogens is 4. The average Bonchev–Trinajstić information content (AvgIpc) is 1.52. The van der Waals surface area contributed by atoms with Gasteiger partial charge in [0.15, 0.2) is 0 Å². The molecular formula is C92H56Br4N4. The van der Waals surface area contributed by atoms with Crippen LogP contribution in [-0.2, 0) is 0 Å². The van der Waals surface area contributed by atoms with E-state index in [1.165, 1.54) is 129 Å². The quantitative estimate of drug-likeness (QED) is 0.127. The van der Waals surface area contributed by atoms with E-state index in [1.54, 1.807) is 0 Å². The molecule has 0 atom stereocenters. The Balaban J connectivity index is 1.08. The normalized spacial score (nSPS) is 15.8. The zero-order valence-corrected chi connectivity index (χ0v) is 59.9. The number of nitrogens with one attached hydrogen (secondary N) is 4. The minimum absolute atomic E-state index is 0.415. The second-order valence-electron chi connectivity index (χ2n) is 27.1. The van der Waals surface area contributed by atoms with Crippen LogP contribution in [0.25, 0.3) is 129 Å². The van der Waals surface area contributed by atoms with Crippen molar-refractivity contribution in [2.45, 2.75) is 23.7 Å². The highest BCUT2D eigenvalue weighted by Crippen LogP contribution is 2.57. The Labute approximate surface area is 608 Å². The molecule has 8 heteroatoms. The summed E-state index contributed by atoms with van der Waals surface area (Å²) in [5.74, 6) is -1.66. The molecule has 0 amide bonds. The van der Waals surface area contributed by atoms with Gasteiger partial charge in [0.25, 0.3) is 0 Å². The molecule has 20 aromatic rings. The molecule has 0 saturated carbocycles. The molecule has 8 bridgehead atoms. The second-order valence-corrected chi connectivity index (χ2v) is 30.8. The highest BCUT2D eigenvalue weighted by Gasteiger charge is 2.40. The molecule has 0 saturated heterocycles. The number of H-pyrrole nitrogens is 4. The van der Waals surface area contributed by atoms with Crippen molar-refractivity contribution in [2.75, 3.05) is 0 Å². The van der Waals surface area contributed by atoms with E-state index >= 15 is 0 Å². The van der Waals surface area contributed by atoms with E-state index < -0.39 is 23.7 Å². The zero-order chi connectivity index (χ0) is 66.2. The number of benzene rings is 16. The van der Waals surface area contributed by atoms with Crippen molar-refractivity contribution in [1.29, 1.82) is 0 Å². The van der Waals surface area contributed by atoms with Gasteiger partial charge in [-0.2, -0.15) is 0 Å². The van der Waals surface area contributed by atoms with Gasteiger partial charge in [0.05, 0.1) is 23.7 Å². The summed E-state index contributed by atoms with van der Waals surface area (Å²) in [6.45, 7) is 0. The highest BCUT2D eigenvalue weighted by molar-refractivity contribution is 9.11. The number of hydrogen-bond donors (Lipinski definition) is 4. The molecule has 0 aliphatic heterocycles. The lowest BCUT2D eigenvalue weighted by Crippen LogP contribution is -2.11. The van der Waals surface area contributed by atoms with E-state index in [-0.39, 0.29) is 0 Å². The van der Waals surface area contributed by atoms with Crippen molar-refractivity contribution >= 4 is 193 Å². The molecule has 100 heavy (non-hydrogen) atoms. The van der Waals surface area contributed by atoms with Gasteiger partial charge >= 0.3 is 0 Å².